The van der Waals surface area contributed by atoms with E-state index in [4.69, 9.17) is 4.74 Å². The maximum absolute atomic E-state index is 11.7. The molecule has 2 bridgehead atoms. The van der Waals surface area contributed by atoms with Crippen molar-refractivity contribution in [2.45, 2.75) is 65.0 Å². The van der Waals surface area contributed by atoms with Gasteiger partial charge < -0.3 is 15.2 Å². The van der Waals surface area contributed by atoms with Crippen molar-refractivity contribution in [2.24, 2.45) is 10.8 Å². The maximum Gasteiger partial charge on any atom is 0.408 e. The molecule has 0 radical (unpaired) electrons. The quantitative estimate of drug-likeness (QED) is 0.822. The molecule has 3 aliphatic rings. The largest absolute Gasteiger partial charge is 0.480 e. The lowest BCUT2D eigenvalue weighted by Gasteiger charge is -2.72. The van der Waals surface area contributed by atoms with Crippen molar-refractivity contribution in [2.75, 3.05) is 0 Å². The fourth-order valence-corrected chi connectivity index (χ4v) is 3.67. The van der Waals surface area contributed by atoms with Crippen molar-refractivity contribution in [1.29, 1.82) is 0 Å². The van der Waals surface area contributed by atoms with Crippen molar-refractivity contribution >= 4 is 12.1 Å². The zero-order valence-electron chi connectivity index (χ0n) is 12.1. The molecular formula is C14H23NO4. The Hall–Kier alpha value is -1.26. The van der Waals surface area contributed by atoms with Crippen LogP contribution in [0.25, 0.3) is 0 Å². The summed E-state index contributed by atoms with van der Waals surface area (Å²) in [7, 11) is 0. The standard InChI is InChI=1S/C14H23NO4/c1-5-13-6-14(7-13,8-13)9(10(16)17)15-11(18)19-12(2,3)4/h9H,5-8H2,1-4H3,(H,15,18)(H,16,17). The number of hydrogen-bond donors (Lipinski definition) is 2. The van der Waals surface area contributed by atoms with Gasteiger partial charge in [-0.25, -0.2) is 9.59 Å². The third kappa shape index (κ3) is 2.42. The monoisotopic (exact) mass is 269 g/mol. The molecule has 108 valence electrons. The first-order valence-corrected chi connectivity index (χ1v) is 6.84. The Bertz CT molecular complexity index is 390. The van der Waals surface area contributed by atoms with Gasteiger partial charge in [0.15, 0.2) is 0 Å². The SMILES string of the molecule is CCC12CC(C(NC(=O)OC(C)(C)C)C(=O)O)(C1)C2. The van der Waals surface area contributed by atoms with Gasteiger partial charge in [-0.2, -0.15) is 0 Å². The van der Waals surface area contributed by atoms with Gasteiger partial charge in [-0.05, 0) is 45.4 Å². The van der Waals surface area contributed by atoms with E-state index in [9.17, 15) is 14.7 Å². The lowest BCUT2D eigenvalue weighted by atomic mass is 9.32. The zero-order chi connectivity index (χ0) is 14.5. The van der Waals surface area contributed by atoms with E-state index in [1.54, 1.807) is 20.8 Å². The first-order chi connectivity index (χ1) is 8.61. The van der Waals surface area contributed by atoms with Gasteiger partial charge in [0.2, 0.25) is 0 Å². The molecular weight excluding hydrogens is 246 g/mol. The minimum atomic E-state index is -0.963. The minimum Gasteiger partial charge on any atom is -0.480 e. The molecule has 0 aliphatic heterocycles. The first-order valence-electron chi connectivity index (χ1n) is 6.84. The number of rotatable bonds is 4. The molecule has 0 heterocycles. The van der Waals surface area contributed by atoms with Crippen LogP contribution in [0.4, 0.5) is 4.79 Å². The third-order valence-corrected chi connectivity index (χ3v) is 4.45. The highest BCUT2D eigenvalue weighted by Crippen LogP contribution is 2.76. The molecule has 1 amide bonds. The average molecular weight is 269 g/mol. The van der Waals surface area contributed by atoms with Crippen LogP contribution in [0.5, 0.6) is 0 Å². The van der Waals surface area contributed by atoms with Gasteiger partial charge in [-0.15, -0.1) is 0 Å². The lowest BCUT2D eigenvalue weighted by molar-refractivity contribution is -0.225. The van der Waals surface area contributed by atoms with Gasteiger partial charge in [0.1, 0.15) is 11.6 Å². The number of ether oxygens (including phenoxy) is 1. The second-order valence-corrected chi connectivity index (χ2v) is 7.16. The number of carbonyl (C=O) groups is 2. The Balaban J connectivity index is 1.96. The molecule has 2 N–H and O–H groups in total. The van der Waals surface area contributed by atoms with E-state index in [0.717, 1.165) is 25.7 Å². The van der Waals surface area contributed by atoms with Gasteiger partial charge >= 0.3 is 12.1 Å². The molecule has 0 saturated heterocycles. The van der Waals surface area contributed by atoms with E-state index in [2.05, 4.69) is 12.2 Å². The summed E-state index contributed by atoms with van der Waals surface area (Å²) in [4.78, 5) is 23.1. The summed E-state index contributed by atoms with van der Waals surface area (Å²) in [5, 5.41) is 11.9. The lowest BCUT2D eigenvalue weighted by Crippen LogP contribution is -2.71. The Kier molecular flexibility index (Phi) is 3.07. The predicted octanol–water partition coefficient (Wildman–Crippen LogP) is 2.54. The summed E-state index contributed by atoms with van der Waals surface area (Å²) >= 11 is 0. The smallest absolute Gasteiger partial charge is 0.408 e. The molecule has 0 aromatic rings. The first kappa shape index (κ1) is 14.2. The van der Waals surface area contributed by atoms with Gasteiger partial charge in [0.05, 0.1) is 0 Å². The van der Waals surface area contributed by atoms with Crippen LogP contribution in [-0.2, 0) is 9.53 Å². The number of amides is 1. The number of alkyl carbamates (subject to hydrolysis) is 1. The Morgan fingerprint density at radius 2 is 1.84 bits per heavy atom. The van der Waals surface area contributed by atoms with Crippen molar-refractivity contribution < 1.29 is 19.4 Å². The molecule has 19 heavy (non-hydrogen) atoms. The minimum absolute atomic E-state index is 0.237. The molecule has 1 unspecified atom stereocenters. The van der Waals surface area contributed by atoms with E-state index < -0.39 is 23.7 Å². The van der Waals surface area contributed by atoms with Gasteiger partial charge in [0.25, 0.3) is 0 Å². The van der Waals surface area contributed by atoms with Crippen LogP contribution in [-0.4, -0.2) is 28.8 Å². The molecule has 1 atom stereocenters. The normalized spacial score (nSPS) is 33.7. The number of aliphatic carboxylic acids is 1. The summed E-state index contributed by atoms with van der Waals surface area (Å²) in [5.41, 5.74) is -0.501. The molecule has 3 rings (SSSR count). The average Bonchev–Trinajstić information content (AvgIpc) is 2.09. The highest BCUT2D eigenvalue weighted by atomic mass is 16.6. The van der Waals surface area contributed by atoms with Crippen LogP contribution < -0.4 is 5.32 Å². The van der Waals surface area contributed by atoms with Crippen molar-refractivity contribution in [1.82, 2.24) is 5.32 Å². The van der Waals surface area contributed by atoms with Crippen LogP contribution in [0.2, 0.25) is 0 Å². The Labute approximate surface area is 113 Å². The van der Waals surface area contributed by atoms with Gasteiger partial charge in [-0.1, -0.05) is 13.3 Å². The zero-order valence-corrected chi connectivity index (χ0v) is 12.1. The summed E-state index contributed by atoms with van der Waals surface area (Å²) < 4.78 is 5.14. The van der Waals surface area contributed by atoms with Crippen LogP contribution in [0, 0.1) is 10.8 Å². The fourth-order valence-electron chi connectivity index (χ4n) is 3.67. The number of carboxylic acid groups (broad SMARTS) is 1. The van der Waals surface area contributed by atoms with Gasteiger partial charge in [-0.3, -0.25) is 0 Å². The van der Waals surface area contributed by atoms with Crippen LogP contribution in [0.15, 0.2) is 0 Å². The van der Waals surface area contributed by atoms with E-state index in [-0.39, 0.29) is 5.41 Å². The van der Waals surface area contributed by atoms with E-state index in [1.807, 2.05) is 0 Å². The molecule has 5 heteroatoms. The van der Waals surface area contributed by atoms with Crippen LogP contribution >= 0.6 is 0 Å². The van der Waals surface area contributed by atoms with E-state index in [1.165, 1.54) is 0 Å². The second-order valence-electron chi connectivity index (χ2n) is 7.16. The van der Waals surface area contributed by atoms with Crippen molar-refractivity contribution in [3.05, 3.63) is 0 Å². The molecule has 0 aromatic heterocycles. The molecule has 3 aliphatic carbocycles. The summed E-state index contributed by atoms with van der Waals surface area (Å²) in [6, 6.07) is -0.823. The van der Waals surface area contributed by atoms with E-state index >= 15 is 0 Å². The summed E-state index contributed by atoms with van der Waals surface area (Å²) in [5.74, 6) is -0.963. The second kappa shape index (κ2) is 4.12. The Morgan fingerprint density at radius 1 is 1.32 bits per heavy atom. The highest BCUT2D eigenvalue weighted by molar-refractivity contribution is 5.81. The highest BCUT2D eigenvalue weighted by Gasteiger charge is 2.71. The molecule has 0 spiro atoms. The molecule has 3 fully saturated rings. The molecule has 5 nitrogen and oxygen atoms in total. The molecule has 0 aromatic carbocycles. The third-order valence-electron chi connectivity index (χ3n) is 4.45. The summed E-state index contributed by atoms with van der Waals surface area (Å²) in [6.45, 7) is 7.42. The van der Waals surface area contributed by atoms with Crippen molar-refractivity contribution in [3.8, 4) is 0 Å². The van der Waals surface area contributed by atoms with E-state index in [0.29, 0.717) is 5.41 Å². The molecule has 3 saturated carbocycles. The number of carbonyl (C=O) groups excluding carboxylic acids is 1. The van der Waals surface area contributed by atoms with Crippen LogP contribution in [0.1, 0.15) is 53.4 Å². The van der Waals surface area contributed by atoms with Crippen molar-refractivity contribution in [3.63, 3.8) is 0 Å². The van der Waals surface area contributed by atoms with Gasteiger partial charge in [0, 0.05) is 5.41 Å². The van der Waals surface area contributed by atoms with Crippen LogP contribution in [0.3, 0.4) is 0 Å². The number of nitrogens with one attached hydrogen (secondary N) is 1. The Morgan fingerprint density at radius 3 is 2.21 bits per heavy atom. The maximum atomic E-state index is 11.7. The fraction of sp³-hybridized carbons (Fsp3) is 0.857. The topological polar surface area (TPSA) is 75.6 Å². The number of carboxylic acids is 1. The number of hydrogen-bond acceptors (Lipinski definition) is 3. The predicted molar refractivity (Wildman–Crippen MR) is 69.8 cm³/mol. The summed E-state index contributed by atoms with van der Waals surface area (Å²) in [6.07, 6.45) is 3.17.